The second-order valence-electron chi connectivity index (χ2n) is 6.07. The Morgan fingerprint density at radius 1 is 0.962 bits per heavy atom. The molecule has 3 amide bonds. The van der Waals surface area contributed by atoms with Gasteiger partial charge in [0, 0.05) is 25.2 Å². The summed E-state index contributed by atoms with van der Waals surface area (Å²) in [6.07, 6.45) is 0.111. The standard InChI is InChI=1S/C20H23N3O3/c1-13-4-6-15(7-5-13)18(22-14(2)24)12-19(25)23-17-10-8-16(9-11-17)20(26)21-3/h4-11,18H,12H2,1-3H3,(H,21,26)(H,22,24)(H,23,25). The third kappa shape index (κ3) is 5.44. The monoisotopic (exact) mass is 353 g/mol. The van der Waals surface area contributed by atoms with Gasteiger partial charge in [0.25, 0.3) is 5.91 Å². The molecule has 0 bridgehead atoms. The molecule has 3 N–H and O–H groups in total. The van der Waals surface area contributed by atoms with Crippen LogP contribution in [0.3, 0.4) is 0 Å². The van der Waals surface area contributed by atoms with Crippen LogP contribution in [0.1, 0.15) is 40.9 Å². The van der Waals surface area contributed by atoms with Gasteiger partial charge in [-0.05, 0) is 36.8 Å². The second-order valence-corrected chi connectivity index (χ2v) is 6.07. The fraction of sp³-hybridized carbons (Fsp3) is 0.250. The first-order valence-electron chi connectivity index (χ1n) is 8.34. The molecule has 0 saturated carbocycles. The van der Waals surface area contributed by atoms with Gasteiger partial charge in [-0.2, -0.15) is 0 Å². The molecule has 0 saturated heterocycles. The van der Waals surface area contributed by atoms with Gasteiger partial charge in [0.15, 0.2) is 0 Å². The average Bonchev–Trinajstić information content (AvgIpc) is 2.61. The van der Waals surface area contributed by atoms with Crippen LogP contribution in [-0.4, -0.2) is 24.8 Å². The Balaban J connectivity index is 2.05. The summed E-state index contributed by atoms with van der Waals surface area (Å²) in [7, 11) is 1.56. The van der Waals surface area contributed by atoms with Crippen LogP contribution < -0.4 is 16.0 Å². The molecule has 0 aliphatic rings. The first kappa shape index (κ1) is 19.2. The van der Waals surface area contributed by atoms with Crippen molar-refractivity contribution in [3.63, 3.8) is 0 Å². The molecule has 0 radical (unpaired) electrons. The summed E-state index contributed by atoms with van der Waals surface area (Å²) in [4.78, 5) is 35.4. The largest absolute Gasteiger partial charge is 0.355 e. The van der Waals surface area contributed by atoms with E-state index in [2.05, 4.69) is 16.0 Å². The van der Waals surface area contributed by atoms with Gasteiger partial charge in [-0.15, -0.1) is 0 Å². The molecule has 0 spiro atoms. The van der Waals surface area contributed by atoms with Crippen LogP contribution in [0.25, 0.3) is 0 Å². The number of nitrogens with one attached hydrogen (secondary N) is 3. The van der Waals surface area contributed by atoms with E-state index in [-0.39, 0.29) is 24.1 Å². The quantitative estimate of drug-likeness (QED) is 0.746. The van der Waals surface area contributed by atoms with Crippen molar-refractivity contribution in [3.8, 4) is 0 Å². The third-order valence-electron chi connectivity index (χ3n) is 3.90. The van der Waals surface area contributed by atoms with E-state index in [4.69, 9.17) is 0 Å². The Morgan fingerprint density at radius 3 is 2.12 bits per heavy atom. The molecule has 0 aliphatic carbocycles. The zero-order valence-electron chi connectivity index (χ0n) is 15.1. The highest BCUT2D eigenvalue weighted by molar-refractivity contribution is 5.95. The van der Waals surface area contributed by atoms with Crippen molar-refractivity contribution in [3.05, 3.63) is 65.2 Å². The lowest BCUT2D eigenvalue weighted by atomic mass is 10.0. The summed E-state index contributed by atoms with van der Waals surface area (Å²) in [6, 6.07) is 13.9. The maximum atomic E-state index is 12.4. The molecule has 1 atom stereocenters. The summed E-state index contributed by atoms with van der Waals surface area (Å²) < 4.78 is 0. The number of aryl methyl sites for hydroxylation is 1. The van der Waals surface area contributed by atoms with E-state index in [1.807, 2.05) is 31.2 Å². The lowest BCUT2D eigenvalue weighted by Crippen LogP contribution is -2.29. The Kier molecular flexibility index (Phi) is 6.49. The summed E-state index contributed by atoms with van der Waals surface area (Å²) >= 11 is 0. The minimum atomic E-state index is -0.404. The topological polar surface area (TPSA) is 87.3 Å². The van der Waals surface area contributed by atoms with E-state index in [9.17, 15) is 14.4 Å². The fourth-order valence-electron chi connectivity index (χ4n) is 2.54. The smallest absolute Gasteiger partial charge is 0.251 e. The first-order chi connectivity index (χ1) is 12.4. The van der Waals surface area contributed by atoms with Crippen molar-refractivity contribution in [2.24, 2.45) is 0 Å². The predicted molar refractivity (Wildman–Crippen MR) is 101 cm³/mol. The van der Waals surface area contributed by atoms with Gasteiger partial charge in [0.05, 0.1) is 12.5 Å². The van der Waals surface area contributed by atoms with Crippen LogP contribution in [0.4, 0.5) is 5.69 Å². The molecule has 1 unspecified atom stereocenters. The minimum Gasteiger partial charge on any atom is -0.355 e. The zero-order chi connectivity index (χ0) is 19.1. The van der Waals surface area contributed by atoms with E-state index < -0.39 is 6.04 Å². The molecule has 136 valence electrons. The highest BCUT2D eigenvalue weighted by Gasteiger charge is 2.17. The molecule has 2 aromatic rings. The number of anilines is 1. The second kappa shape index (κ2) is 8.80. The number of carbonyl (C=O) groups is 3. The Bertz CT molecular complexity index is 783. The maximum absolute atomic E-state index is 12.4. The van der Waals surface area contributed by atoms with Gasteiger partial charge in [-0.25, -0.2) is 0 Å². The van der Waals surface area contributed by atoms with Crippen LogP contribution in [0.2, 0.25) is 0 Å². The highest BCUT2D eigenvalue weighted by Crippen LogP contribution is 2.19. The van der Waals surface area contributed by atoms with Crippen LogP contribution in [0, 0.1) is 6.92 Å². The van der Waals surface area contributed by atoms with Gasteiger partial charge >= 0.3 is 0 Å². The summed E-state index contributed by atoms with van der Waals surface area (Å²) in [6.45, 7) is 3.41. The zero-order valence-corrected chi connectivity index (χ0v) is 15.1. The van der Waals surface area contributed by atoms with Crippen molar-refractivity contribution in [2.75, 3.05) is 12.4 Å². The molecule has 2 aromatic carbocycles. The lowest BCUT2D eigenvalue weighted by Gasteiger charge is -2.18. The molecule has 0 aliphatic heterocycles. The normalized spacial score (nSPS) is 11.3. The Labute approximate surface area is 153 Å². The minimum absolute atomic E-state index is 0.111. The van der Waals surface area contributed by atoms with Crippen LogP contribution in [0.5, 0.6) is 0 Å². The molecule has 0 heterocycles. The summed E-state index contributed by atoms with van der Waals surface area (Å²) in [5.41, 5.74) is 3.08. The van der Waals surface area contributed by atoms with Gasteiger partial charge in [0.1, 0.15) is 0 Å². The number of carbonyl (C=O) groups excluding carboxylic acids is 3. The van der Waals surface area contributed by atoms with E-state index in [1.165, 1.54) is 6.92 Å². The van der Waals surface area contributed by atoms with Crippen LogP contribution >= 0.6 is 0 Å². The van der Waals surface area contributed by atoms with Crippen molar-refractivity contribution >= 4 is 23.4 Å². The number of rotatable bonds is 6. The van der Waals surface area contributed by atoms with Gasteiger partial charge in [0.2, 0.25) is 11.8 Å². The van der Waals surface area contributed by atoms with Crippen molar-refractivity contribution in [1.82, 2.24) is 10.6 Å². The molecule has 2 rings (SSSR count). The third-order valence-corrected chi connectivity index (χ3v) is 3.90. The van der Waals surface area contributed by atoms with E-state index in [0.29, 0.717) is 11.3 Å². The maximum Gasteiger partial charge on any atom is 0.251 e. The molecule has 0 fully saturated rings. The number of amides is 3. The van der Waals surface area contributed by atoms with E-state index in [0.717, 1.165) is 11.1 Å². The van der Waals surface area contributed by atoms with Crippen molar-refractivity contribution < 1.29 is 14.4 Å². The SMILES string of the molecule is CNC(=O)c1ccc(NC(=O)CC(NC(C)=O)c2ccc(C)cc2)cc1. The molecule has 0 aromatic heterocycles. The van der Waals surface area contributed by atoms with Gasteiger partial charge in [-0.1, -0.05) is 29.8 Å². The molecule has 26 heavy (non-hydrogen) atoms. The lowest BCUT2D eigenvalue weighted by molar-refractivity contribution is -0.120. The first-order valence-corrected chi connectivity index (χ1v) is 8.34. The Hall–Kier alpha value is -3.15. The molecular weight excluding hydrogens is 330 g/mol. The van der Waals surface area contributed by atoms with E-state index >= 15 is 0 Å². The van der Waals surface area contributed by atoms with Gasteiger partial charge in [-0.3, -0.25) is 14.4 Å². The molecule has 6 nitrogen and oxygen atoms in total. The molecule has 6 heteroatoms. The average molecular weight is 353 g/mol. The van der Waals surface area contributed by atoms with Crippen LogP contribution in [-0.2, 0) is 9.59 Å². The van der Waals surface area contributed by atoms with Gasteiger partial charge < -0.3 is 16.0 Å². The van der Waals surface area contributed by atoms with Crippen LogP contribution in [0.15, 0.2) is 48.5 Å². The summed E-state index contributed by atoms with van der Waals surface area (Å²) in [5.74, 6) is -0.608. The fourth-order valence-corrected chi connectivity index (χ4v) is 2.54. The number of hydrogen-bond donors (Lipinski definition) is 3. The molecular formula is C20H23N3O3. The van der Waals surface area contributed by atoms with E-state index in [1.54, 1.807) is 31.3 Å². The number of hydrogen-bond acceptors (Lipinski definition) is 3. The predicted octanol–water partition coefficient (Wildman–Crippen LogP) is 2.56. The Morgan fingerprint density at radius 2 is 1.58 bits per heavy atom. The number of benzene rings is 2. The summed E-state index contributed by atoms with van der Waals surface area (Å²) in [5, 5.41) is 8.14. The van der Waals surface area contributed by atoms with Crippen molar-refractivity contribution in [2.45, 2.75) is 26.3 Å². The van der Waals surface area contributed by atoms with Crippen molar-refractivity contribution in [1.29, 1.82) is 0 Å². The highest BCUT2D eigenvalue weighted by atomic mass is 16.2.